The number of H-pyrrole nitrogens is 1. The Bertz CT molecular complexity index is 250. The van der Waals surface area contributed by atoms with E-state index >= 15 is 0 Å². The number of carbonyl (C=O) groups is 1. The van der Waals surface area contributed by atoms with Gasteiger partial charge in [-0.05, 0) is 12.1 Å². The van der Waals surface area contributed by atoms with Gasteiger partial charge in [0.25, 0.3) is 0 Å². The molecular formula is C12H18N2OS. The lowest BCUT2D eigenvalue weighted by molar-refractivity contribution is -0.118. The quantitative estimate of drug-likeness (QED) is 0.870. The fourth-order valence-corrected chi connectivity index (χ4v) is 1.05. The number of nitrogens with one attached hydrogen (secondary N) is 1. The highest BCUT2D eigenvalue weighted by Gasteiger charge is 1.86. The molecule has 0 radical (unpaired) electrons. The minimum Gasteiger partial charge on any atom is -0.368 e. The van der Waals surface area contributed by atoms with Crippen LogP contribution in [0.15, 0.2) is 41.6 Å². The van der Waals surface area contributed by atoms with Crippen molar-refractivity contribution in [3.63, 3.8) is 0 Å². The van der Waals surface area contributed by atoms with E-state index in [1.165, 1.54) is 0 Å². The summed E-state index contributed by atoms with van der Waals surface area (Å²) in [4.78, 5) is 16.8. The Labute approximate surface area is 101 Å². The van der Waals surface area contributed by atoms with Crippen molar-refractivity contribution in [1.29, 1.82) is 0 Å². The molecule has 0 spiro atoms. The molecule has 0 aliphatic heterocycles. The molecular weight excluding hydrogens is 220 g/mol. The summed E-state index contributed by atoms with van der Waals surface area (Å²) >= 11 is 1.60. The molecule has 0 aromatic carbocycles. The zero-order valence-corrected chi connectivity index (χ0v) is 10.5. The molecule has 0 atom stereocenters. The Kier molecular flexibility index (Phi) is 10.6. The van der Waals surface area contributed by atoms with Gasteiger partial charge in [-0.25, -0.2) is 0 Å². The minimum atomic E-state index is 0.343. The molecule has 16 heavy (non-hydrogen) atoms. The fraction of sp³-hybridized carbons (Fsp3) is 0.333. The monoisotopic (exact) mass is 238 g/mol. The lowest BCUT2D eigenvalue weighted by atomic mass is 10.3. The zero-order valence-electron chi connectivity index (χ0n) is 9.72. The largest absolute Gasteiger partial charge is 0.368 e. The van der Waals surface area contributed by atoms with Crippen LogP contribution in [0.4, 0.5) is 0 Å². The molecule has 88 valence electrons. The van der Waals surface area contributed by atoms with Crippen molar-refractivity contribution in [3.8, 4) is 0 Å². The van der Waals surface area contributed by atoms with Crippen molar-refractivity contribution in [1.82, 2.24) is 9.97 Å². The first-order chi connectivity index (χ1) is 7.81. The first kappa shape index (κ1) is 14.6. The molecule has 0 unspecified atom stereocenters. The molecule has 2 rings (SSSR count). The number of rotatable bonds is 2. The molecule has 0 amide bonds. The van der Waals surface area contributed by atoms with Crippen LogP contribution >= 0.6 is 11.3 Å². The molecule has 0 saturated heterocycles. The summed E-state index contributed by atoms with van der Waals surface area (Å²) < 4.78 is 0. The Morgan fingerprint density at radius 1 is 1.25 bits per heavy atom. The van der Waals surface area contributed by atoms with Crippen molar-refractivity contribution in [2.24, 2.45) is 0 Å². The second kappa shape index (κ2) is 11.7. The van der Waals surface area contributed by atoms with Crippen molar-refractivity contribution >= 4 is 17.1 Å². The van der Waals surface area contributed by atoms with Gasteiger partial charge in [0.2, 0.25) is 0 Å². The van der Waals surface area contributed by atoms with Gasteiger partial charge in [0.1, 0.15) is 5.78 Å². The molecule has 0 aliphatic carbocycles. The highest BCUT2D eigenvalue weighted by molar-refractivity contribution is 7.07. The molecule has 1 N–H and O–H groups in total. The van der Waals surface area contributed by atoms with Gasteiger partial charge in [0.15, 0.2) is 0 Å². The van der Waals surface area contributed by atoms with Gasteiger partial charge < -0.3 is 4.98 Å². The number of carbonyl (C=O) groups excluding carboxylic acids is 1. The smallest absolute Gasteiger partial charge is 0.132 e. The molecule has 2 aromatic heterocycles. The Hall–Kier alpha value is -1.42. The van der Waals surface area contributed by atoms with Crippen LogP contribution in [-0.4, -0.2) is 15.8 Å². The summed E-state index contributed by atoms with van der Waals surface area (Å²) in [7, 11) is 0. The summed E-state index contributed by atoms with van der Waals surface area (Å²) in [5.74, 6) is 0.343. The lowest BCUT2D eigenvalue weighted by Crippen LogP contribution is -1.88. The van der Waals surface area contributed by atoms with Gasteiger partial charge >= 0.3 is 0 Å². The normalized spacial score (nSPS) is 8.12. The van der Waals surface area contributed by atoms with Crippen LogP contribution in [0, 0.1) is 0 Å². The minimum absolute atomic E-state index is 0.343. The number of hydrogen-bond acceptors (Lipinski definition) is 3. The highest BCUT2D eigenvalue weighted by atomic mass is 32.1. The van der Waals surface area contributed by atoms with Gasteiger partial charge in [-0.15, -0.1) is 11.3 Å². The second-order valence-corrected chi connectivity index (χ2v) is 3.56. The van der Waals surface area contributed by atoms with E-state index in [9.17, 15) is 4.79 Å². The highest BCUT2D eigenvalue weighted by Crippen LogP contribution is 1.86. The molecule has 4 heteroatoms. The third-order valence-electron chi connectivity index (χ3n) is 1.63. The lowest BCUT2D eigenvalue weighted by Gasteiger charge is -1.81. The van der Waals surface area contributed by atoms with Crippen LogP contribution in [0.25, 0.3) is 0 Å². The third kappa shape index (κ3) is 10.7. The van der Waals surface area contributed by atoms with E-state index in [1.54, 1.807) is 23.0 Å². The Morgan fingerprint density at radius 2 is 1.88 bits per heavy atom. The molecule has 0 bridgehead atoms. The number of nitrogens with zero attached hydrogens (tertiary/aromatic N) is 1. The van der Waals surface area contributed by atoms with Crippen molar-refractivity contribution in [2.75, 3.05) is 0 Å². The first-order valence-corrected chi connectivity index (χ1v) is 6.17. The summed E-state index contributed by atoms with van der Waals surface area (Å²) in [6.07, 6.45) is 6.90. The SMILES string of the molecule is CCC(=O)CC.c1cc[nH]c1.c1cscn1. The number of aromatic amines is 1. The van der Waals surface area contributed by atoms with Crippen molar-refractivity contribution in [2.45, 2.75) is 26.7 Å². The molecule has 2 aromatic rings. The van der Waals surface area contributed by atoms with E-state index in [2.05, 4.69) is 9.97 Å². The maximum absolute atomic E-state index is 10.2. The van der Waals surface area contributed by atoms with Gasteiger partial charge in [-0.1, -0.05) is 13.8 Å². The zero-order chi connectivity index (χ0) is 12.1. The standard InChI is InChI=1S/C5H10O.C4H5N.C3H3NS/c1-3-5(6)4-2;1-2-4-5-3-1;1-2-5-3-4-1/h3-4H2,1-2H3;1-5H;1-3H. The summed E-state index contributed by atoms with van der Waals surface area (Å²) in [6, 6.07) is 3.89. The number of aromatic nitrogens is 2. The van der Waals surface area contributed by atoms with Crippen LogP contribution in [0.1, 0.15) is 26.7 Å². The summed E-state index contributed by atoms with van der Waals surface area (Å²) in [6.45, 7) is 3.76. The van der Waals surface area contributed by atoms with Gasteiger partial charge in [0.05, 0.1) is 5.51 Å². The molecule has 2 heterocycles. The van der Waals surface area contributed by atoms with E-state index in [-0.39, 0.29) is 0 Å². The van der Waals surface area contributed by atoms with Gasteiger partial charge in [-0.3, -0.25) is 9.78 Å². The predicted molar refractivity (Wildman–Crippen MR) is 68.5 cm³/mol. The topological polar surface area (TPSA) is 45.8 Å². The molecule has 0 saturated carbocycles. The van der Waals surface area contributed by atoms with E-state index in [1.807, 2.05) is 43.8 Å². The van der Waals surface area contributed by atoms with Crippen LogP contribution < -0.4 is 0 Å². The first-order valence-electron chi connectivity index (χ1n) is 5.22. The molecule has 3 nitrogen and oxygen atoms in total. The number of thiazole rings is 1. The van der Waals surface area contributed by atoms with E-state index in [0.717, 1.165) is 0 Å². The second-order valence-electron chi connectivity index (χ2n) is 2.81. The maximum atomic E-state index is 10.2. The number of Topliss-reactive ketones (excluding diaryl/α,β-unsaturated/α-hetero) is 1. The summed E-state index contributed by atoms with van der Waals surface area (Å²) in [5, 5.41) is 1.93. The van der Waals surface area contributed by atoms with Crippen molar-refractivity contribution < 1.29 is 4.79 Å². The number of hydrogen-bond donors (Lipinski definition) is 1. The van der Waals surface area contributed by atoms with Crippen LogP contribution in [0.2, 0.25) is 0 Å². The van der Waals surface area contributed by atoms with Crippen LogP contribution in [-0.2, 0) is 4.79 Å². The third-order valence-corrected chi connectivity index (χ3v) is 2.15. The van der Waals surface area contributed by atoms with Crippen molar-refractivity contribution in [3.05, 3.63) is 41.6 Å². The molecule has 0 fully saturated rings. The van der Waals surface area contributed by atoms with Gasteiger partial charge in [0, 0.05) is 36.8 Å². The maximum Gasteiger partial charge on any atom is 0.132 e. The number of ketones is 1. The predicted octanol–water partition coefficient (Wildman–Crippen LogP) is 3.53. The van der Waals surface area contributed by atoms with E-state index in [4.69, 9.17) is 0 Å². The van der Waals surface area contributed by atoms with Crippen LogP contribution in [0.5, 0.6) is 0 Å². The average molecular weight is 238 g/mol. The van der Waals surface area contributed by atoms with Gasteiger partial charge in [-0.2, -0.15) is 0 Å². The Balaban J connectivity index is 0.000000211. The average Bonchev–Trinajstić information content (AvgIpc) is 3.03. The van der Waals surface area contributed by atoms with Crippen LogP contribution in [0.3, 0.4) is 0 Å². The van der Waals surface area contributed by atoms with E-state index < -0.39 is 0 Å². The Morgan fingerprint density at radius 3 is 2.00 bits per heavy atom. The fourth-order valence-electron chi connectivity index (χ4n) is 0.703. The summed E-state index contributed by atoms with van der Waals surface area (Å²) in [5.41, 5.74) is 1.79. The molecule has 0 aliphatic rings. The van der Waals surface area contributed by atoms with E-state index in [0.29, 0.717) is 18.6 Å².